The Morgan fingerprint density at radius 1 is 1.33 bits per heavy atom. The summed E-state index contributed by atoms with van der Waals surface area (Å²) in [5, 5.41) is 0. The van der Waals surface area contributed by atoms with E-state index < -0.39 is 0 Å². The summed E-state index contributed by atoms with van der Waals surface area (Å²) in [7, 11) is 0. The zero-order valence-corrected chi connectivity index (χ0v) is 8.65. The molecule has 0 bridgehead atoms. The maximum atomic E-state index is 10.8. The Morgan fingerprint density at radius 3 is 2.60 bits per heavy atom. The Kier molecular flexibility index (Phi) is 2.49. The lowest BCUT2D eigenvalue weighted by atomic mass is 10.2. The molecule has 4 nitrogen and oxygen atoms in total. The molecule has 4 heteroatoms. The van der Waals surface area contributed by atoms with Crippen LogP contribution in [0.4, 0.5) is 0 Å². The number of carbonyl (C=O) groups is 1. The van der Waals surface area contributed by atoms with Crippen molar-refractivity contribution in [3.05, 3.63) is 17.7 Å². The van der Waals surface area contributed by atoms with Crippen molar-refractivity contribution in [2.45, 2.75) is 20.0 Å². The van der Waals surface area contributed by atoms with E-state index in [1.165, 1.54) is 0 Å². The molecule has 1 heterocycles. The number of benzene rings is 1. The minimum atomic E-state index is 0.0177. The number of hydrogen-bond acceptors (Lipinski definition) is 4. The van der Waals surface area contributed by atoms with E-state index in [4.69, 9.17) is 14.2 Å². The van der Waals surface area contributed by atoms with Crippen LogP contribution in [0, 0.1) is 0 Å². The molecule has 1 aliphatic heterocycles. The SMILES string of the molecule is CC(C)Oc1cc2c(cc1C=O)OCO2. The second-order valence-corrected chi connectivity index (χ2v) is 3.53. The second kappa shape index (κ2) is 3.81. The molecule has 0 saturated carbocycles. The van der Waals surface area contributed by atoms with Gasteiger partial charge in [0.1, 0.15) is 5.75 Å². The molecule has 0 radical (unpaired) electrons. The van der Waals surface area contributed by atoms with Crippen molar-refractivity contribution in [2.75, 3.05) is 6.79 Å². The average Bonchev–Trinajstić information content (AvgIpc) is 2.62. The molecule has 0 amide bonds. The Morgan fingerprint density at radius 2 is 2.00 bits per heavy atom. The summed E-state index contributed by atoms with van der Waals surface area (Å²) in [5.41, 5.74) is 0.480. The predicted molar refractivity (Wildman–Crippen MR) is 53.7 cm³/mol. The van der Waals surface area contributed by atoms with E-state index in [1.807, 2.05) is 13.8 Å². The van der Waals surface area contributed by atoms with Crippen LogP contribution in [0.3, 0.4) is 0 Å². The predicted octanol–water partition coefficient (Wildman–Crippen LogP) is 2.01. The smallest absolute Gasteiger partial charge is 0.231 e. The lowest BCUT2D eigenvalue weighted by molar-refractivity contribution is 0.111. The van der Waals surface area contributed by atoms with Crippen molar-refractivity contribution in [1.82, 2.24) is 0 Å². The second-order valence-electron chi connectivity index (χ2n) is 3.53. The summed E-state index contributed by atoms with van der Waals surface area (Å²) in [5.74, 6) is 1.74. The van der Waals surface area contributed by atoms with E-state index in [0.717, 1.165) is 6.29 Å². The lowest BCUT2D eigenvalue weighted by Gasteiger charge is -2.12. The normalized spacial score (nSPS) is 13.0. The molecule has 0 aromatic heterocycles. The number of aldehydes is 1. The molecule has 1 aromatic rings. The van der Waals surface area contributed by atoms with Crippen LogP contribution in [0.15, 0.2) is 12.1 Å². The van der Waals surface area contributed by atoms with Gasteiger partial charge in [0.25, 0.3) is 0 Å². The Hall–Kier alpha value is -1.71. The molecule has 0 atom stereocenters. The molecule has 80 valence electrons. The molecule has 0 aliphatic carbocycles. The summed E-state index contributed by atoms with van der Waals surface area (Å²) in [6.07, 6.45) is 0.767. The van der Waals surface area contributed by atoms with Crippen LogP contribution in [-0.4, -0.2) is 19.2 Å². The highest BCUT2D eigenvalue weighted by Crippen LogP contribution is 2.37. The van der Waals surface area contributed by atoms with Crippen molar-refractivity contribution in [3.63, 3.8) is 0 Å². The van der Waals surface area contributed by atoms with Gasteiger partial charge in [0.15, 0.2) is 17.8 Å². The third kappa shape index (κ3) is 1.88. The first-order valence-corrected chi connectivity index (χ1v) is 4.76. The standard InChI is InChI=1S/C11H12O4/c1-7(2)15-9-4-11-10(13-6-14-11)3-8(9)5-12/h3-5,7H,6H2,1-2H3. The first-order chi connectivity index (χ1) is 7.20. The molecule has 15 heavy (non-hydrogen) atoms. The van der Waals surface area contributed by atoms with Gasteiger partial charge in [-0.1, -0.05) is 0 Å². The monoisotopic (exact) mass is 208 g/mol. The van der Waals surface area contributed by atoms with Gasteiger partial charge in [0.2, 0.25) is 6.79 Å². The molecule has 1 aromatic carbocycles. The largest absolute Gasteiger partial charge is 0.490 e. The Bertz CT molecular complexity index is 384. The number of hydrogen-bond donors (Lipinski definition) is 0. The fourth-order valence-electron chi connectivity index (χ4n) is 1.39. The number of carbonyl (C=O) groups excluding carboxylic acids is 1. The van der Waals surface area contributed by atoms with E-state index in [0.29, 0.717) is 22.8 Å². The first-order valence-electron chi connectivity index (χ1n) is 4.76. The minimum absolute atomic E-state index is 0.0177. The van der Waals surface area contributed by atoms with Gasteiger partial charge >= 0.3 is 0 Å². The highest BCUT2D eigenvalue weighted by atomic mass is 16.7. The van der Waals surface area contributed by atoms with Gasteiger partial charge in [-0.3, -0.25) is 4.79 Å². The first kappa shape index (κ1) is 9.83. The summed E-state index contributed by atoms with van der Waals surface area (Å²) in [6.45, 7) is 4.00. The average molecular weight is 208 g/mol. The maximum Gasteiger partial charge on any atom is 0.231 e. The molecule has 0 N–H and O–H groups in total. The van der Waals surface area contributed by atoms with E-state index in [1.54, 1.807) is 12.1 Å². The van der Waals surface area contributed by atoms with Gasteiger partial charge in [-0.05, 0) is 19.9 Å². The van der Waals surface area contributed by atoms with Crippen molar-refractivity contribution in [3.8, 4) is 17.2 Å². The van der Waals surface area contributed by atoms with E-state index in [2.05, 4.69) is 0 Å². The summed E-state index contributed by atoms with van der Waals surface area (Å²) in [6, 6.07) is 3.32. The minimum Gasteiger partial charge on any atom is -0.490 e. The topological polar surface area (TPSA) is 44.8 Å². The number of ether oxygens (including phenoxy) is 3. The maximum absolute atomic E-state index is 10.8. The van der Waals surface area contributed by atoms with Crippen molar-refractivity contribution in [1.29, 1.82) is 0 Å². The van der Waals surface area contributed by atoms with Crippen LogP contribution in [0.5, 0.6) is 17.2 Å². The fraction of sp³-hybridized carbons (Fsp3) is 0.364. The molecule has 1 aliphatic rings. The van der Waals surface area contributed by atoms with E-state index >= 15 is 0 Å². The van der Waals surface area contributed by atoms with Crippen molar-refractivity contribution >= 4 is 6.29 Å². The zero-order chi connectivity index (χ0) is 10.8. The van der Waals surface area contributed by atoms with Crippen LogP contribution in [0.25, 0.3) is 0 Å². The summed E-state index contributed by atoms with van der Waals surface area (Å²) < 4.78 is 15.9. The fourth-order valence-corrected chi connectivity index (χ4v) is 1.39. The van der Waals surface area contributed by atoms with Gasteiger partial charge < -0.3 is 14.2 Å². The van der Waals surface area contributed by atoms with Crippen LogP contribution in [0.2, 0.25) is 0 Å². The number of rotatable bonds is 3. The summed E-state index contributed by atoms with van der Waals surface area (Å²) in [4.78, 5) is 10.8. The van der Waals surface area contributed by atoms with Crippen molar-refractivity contribution in [2.24, 2.45) is 0 Å². The van der Waals surface area contributed by atoms with E-state index in [-0.39, 0.29) is 12.9 Å². The van der Waals surface area contributed by atoms with Crippen LogP contribution in [-0.2, 0) is 0 Å². The molecule has 0 spiro atoms. The molecule has 0 saturated heterocycles. The van der Waals surface area contributed by atoms with Gasteiger partial charge in [0.05, 0.1) is 11.7 Å². The third-order valence-corrected chi connectivity index (χ3v) is 1.99. The van der Waals surface area contributed by atoms with Gasteiger partial charge in [-0.2, -0.15) is 0 Å². The third-order valence-electron chi connectivity index (χ3n) is 1.99. The zero-order valence-electron chi connectivity index (χ0n) is 8.65. The Balaban J connectivity index is 2.39. The van der Waals surface area contributed by atoms with Gasteiger partial charge in [-0.25, -0.2) is 0 Å². The molecule has 2 rings (SSSR count). The molecule has 0 unspecified atom stereocenters. The van der Waals surface area contributed by atoms with E-state index in [9.17, 15) is 4.79 Å². The highest BCUT2D eigenvalue weighted by molar-refractivity contribution is 5.81. The van der Waals surface area contributed by atoms with Crippen LogP contribution < -0.4 is 14.2 Å². The Labute approximate surface area is 87.8 Å². The van der Waals surface area contributed by atoms with Gasteiger partial charge in [-0.15, -0.1) is 0 Å². The lowest BCUT2D eigenvalue weighted by Crippen LogP contribution is -2.07. The summed E-state index contributed by atoms with van der Waals surface area (Å²) >= 11 is 0. The highest BCUT2D eigenvalue weighted by Gasteiger charge is 2.18. The van der Waals surface area contributed by atoms with Gasteiger partial charge in [0, 0.05) is 6.07 Å². The molecule has 0 fully saturated rings. The van der Waals surface area contributed by atoms with Crippen molar-refractivity contribution < 1.29 is 19.0 Å². The quantitative estimate of drug-likeness (QED) is 0.713. The molecular weight excluding hydrogens is 196 g/mol. The van der Waals surface area contributed by atoms with Crippen LogP contribution >= 0.6 is 0 Å². The molecular formula is C11H12O4. The number of fused-ring (bicyclic) bond motifs is 1. The van der Waals surface area contributed by atoms with Crippen LogP contribution in [0.1, 0.15) is 24.2 Å².